The average molecular weight is 405 g/mol. The third-order valence-electron chi connectivity index (χ3n) is 4.96. The van der Waals surface area contributed by atoms with Gasteiger partial charge in [-0.3, -0.25) is 4.90 Å². The van der Waals surface area contributed by atoms with Gasteiger partial charge in [0.1, 0.15) is 11.4 Å². The Morgan fingerprint density at radius 2 is 1.79 bits per heavy atom. The predicted molar refractivity (Wildman–Crippen MR) is 91.0 cm³/mol. The van der Waals surface area contributed by atoms with Gasteiger partial charge in [0.05, 0.1) is 36.5 Å². The fourth-order valence-electron chi connectivity index (χ4n) is 3.88. The second-order valence-corrected chi connectivity index (χ2v) is 8.36. The molecule has 5 nitrogen and oxygen atoms in total. The van der Waals surface area contributed by atoms with E-state index in [1.54, 1.807) is 20.8 Å². The highest BCUT2D eigenvalue weighted by Crippen LogP contribution is 2.43. The molecule has 9 heteroatoms. The van der Waals surface area contributed by atoms with E-state index in [4.69, 9.17) is 9.47 Å². The van der Waals surface area contributed by atoms with Gasteiger partial charge in [-0.1, -0.05) is 6.07 Å². The first kappa shape index (κ1) is 20.9. The Morgan fingerprint density at radius 1 is 1.21 bits per heavy atom. The molecule has 0 aliphatic carbocycles. The van der Waals surface area contributed by atoms with E-state index in [2.05, 4.69) is 0 Å². The zero-order valence-electron chi connectivity index (χ0n) is 15.8. The minimum Gasteiger partial charge on any atom is -0.444 e. The molecule has 2 heterocycles. The Kier molecular flexibility index (Phi) is 5.12. The lowest BCUT2D eigenvalue weighted by atomic mass is 9.76. The zero-order valence-corrected chi connectivity index (χ0v) is 15.8. The molecule has 1 N–H and O–H groups in total. The molecule has 0 radical (unpaired) electrons. The van der Waals surface area contributed by atoms with Gasteiger partial charge in [-0.25, -0.2) is 9.18 Å². The van der Waals surface area contributed by atoms with Gasteiger partial charge in [-0.05, 0) is 32.9 Å². The molecule has 156 valence electrons. The summed E-state index contributed by atoms with van der Waals surface area (Å²) in [5.74, 6) is -1.12. The van der Waals surface area contributed by atoms with Crippen LogP contribution >= 0.6 is 0 Å². The number of halogens is 4. The van der Waals surface area contributed by atoms with Crippen LogP contribution < -0.4 is 0 Å². The summed E-state index contributed by atoms with van der Waals surface area (Å²) in [6.45, 7) is 5.44. The second kappa shape index (κ2) is 6.88. The van der Waals surface area contributed by atoms with Gasteiger partial charge in [0.25, 0.3) is 0 Å². The van der Waals surface area contributed by atoms with Crippen LogP contribution in [0.2, 0.25) is 0 Å². The van der Waals surface area contributed by atoms with E-state index in [1.807, 2.05) is 0 Å². The molecule has 2 fully saturated rings. The Bertz CT molecular complexity index is 745. The molecule has 2 aliphatic heterocycles. The zero-order chi connectivity index (χ0) is 20.9. The van der Waals surface area contributed by atoms with Crippen LogP contribution in [-0.4, -0.2) is 47.0 Å². The second-order valence-electron chi connectivity index (χ2n) is 8.36. The third kappa shape index (κ3) is 4.10. The normalized spacial score (nSPS) is 28.2. The summed E-state index contributed by atoms with van der Waals surface area (Å²) in [4.78, 5) is 14.1. The summed E-state index contributed by atoms with van der Waals surface area (Å²) in [5.41, 5.74) is -3.74. The molecule has 2 saturated heterocycles. The molecule has 0 saturated carbocycles. The minimum atomic E-state index is -4.67. The van der Waals surface area contributed by atoms with Gasteiger partial charge >= 0.3 is 12.3 Å². The summed E-state index contributed by atoms with van der Waals surface area (Å²) in [5, 5.41) is 11.1. The molecular formula is C19H23F4NO4. The number of carbonyl (C=O) groups excluding carboxylic acids is 1. The molecular weight excluding hydrogens is 382 g/mol. The van der Waals surface area contributed by atoms with Crippen LogP contribution in [0.1, 0.15) is 44.7 Å². The first-order valence-electron chi connectivity index (χ1n) is 8.99. The monoisotopic (exact) mass is 405 g/mol. The Balaban J connectivity index is 1.87. The number of ether oxygens (including phenoxy) is 2. The molecule has 1 amide bonds. The summed E-state index contributed by atoms with van der Waals surface area (Å²) in [7, 11) is 0. The lowest BCUT2D eigenvalue weighted by Gasteiger charge is -2.51. The van der Waals surface area contributed by atoms with Crippen molar-refractivity contribution in [2.75, 3.05) is 13.2 Å². The fourth-order valence-corrected chi connectivity index (χ4v) is 3.88. The number of piperidine rings is 1. The van der Waals surface area contributed by atoms with Crippen LogP contribution in [0, 0.1) is 5.82 Å². The molecule has 0 spiro atoms. The Labute approximate surface area is 160 Å². The number of hydrogen-bond donors (Lipinski definition) is 1. The molecule has 2 atom stereocenters. The van der Waals surface area contributed by atoms with E-state index in [0.29, 0.717) is 6.07 Å². The number of alkyl halides is 3. The fraction of sp³-hybridized carbons (Fsp3) is 0.632. The first-order chi connectivity index (χ1) is 12.8. The van der Waals surface area contributed by atoms with Crippen molar-refractivity contribution in [3.63, 3.8) is 0 Å². The number of nitrogens with zero attached hydrogens (tertiary/aromatic N) is 1. The number of hydrogen-bond acceptors (Lipinski definition) is 4. The summed E-state index contributed by atoms with van der Waals surface area (Å²) >= 11 is 0. The van der Waals surface area contributed by atoms with Crippen molar-refractivity contribution < 1.29 is 36.9 Å². The van der Waals surface area contributed by atoms with Crippen LogP contribution in [-0.2, 0) is 21.3 Å². The van der Waals surface area contributed by atoms with Crippen molar-refractivity contribution in [3.05, 3.63) is 35.1 Å². The van der Waals surface area contributed by atoms with E-state index in [0.717, 1.165) is 12.1 Å². The maximum atomic E-state index is 14.5. The molecule has 0 aromatic heterocycles. The number of amides is 1. The molecule has 28 heavy (non-hydrogen) atoms. The van der Waals surface area contributed by atoms with Crippen LogP contribution in [0.4, 0.5) is 22.4 Å². The van der Waals surface area contributed by atoms with Crippen molar-refractivity contribution in [2.45, 2.75) is 63.1 Å². The van der Waals surface area contributed by atoms with E-state index in [9.17, 15) is 27.5 Å². The van der Waals surface area contributed by atoms with Gasteiger partial charge in [0.2, 0.25) is 0 Å². The number of carbonyl (C=O) groups is 1. The van der Waals surface area contributed by atoms with E-state index in [1.165, 1.54) is 4.90 Å². The van der Waals surface area contributed by atoms with Gasteiger partial charge < -0.3 is 14.6 Å². The van der Waals surface area contributed by atoms with Crippen molar-refractivity contribution in [2.24, 2.45) is 0 Å². The SMILES string of the molecule is CC(C)(C)OC(=O)N1C2COCC1CC(O)(c1ccc(C(F)(F)F)cc1F)C2. The van der Waals surface area contributed by atoms with E-state index in [-0.39, 0.29) is 31.6 Å². The van der Waals surface area contributed by atoms with Crippen molar-refractivity contribution in [1.29, 1.82) is 0 Å². The van der Waals surface area contributed by atoms with Crippen molar-refractivity contribution in [3.8, 4) is 0 Å². The lowest BCUT2D eigenvalue weighted by Crippen LogP contribution is -2.63. The minimum absolute atomic E-state index is 0.0645. The Hall–Kier alpha value is -1.87. The quantitative estimate of drug-likeness (QED) is 0.722. The van der Waals surface area contributed by atoms with Crippen LogP contribution in [0.15, 0.2) is 18.2 Å². The lowest BCUT2D eigenvalue weighted by molar-refractivity contribution is -0.143. The summed E-state index contributed by atoms with van der Waals surface area (Å²) < 4.78 is 63.7. The average Bonchev–Trinajstić information content (AvgIpc) is 2.51. The maximum absolute atomic E-state index is 14.5. The predicted octanol–water partition coefficient (Wildman–Crippen LogP) is 3.83. The van der Waals surface area contributed by atoms with Gasteiger partial charge in [0.15, 0.2) is 0 Å². The molecule has 2 aliphatic rings. The van der Waals surface area contributed by atoms with Crippen molar-refractivity contribution >= 4 is 6.09 Å². The smallest absolute Gasteiger partial charge is 0.416 e. The molecule has 2 bridgehead atoms. The standard InChI is InChI=1S/C19H23F4NO4/c1-17(2,3)28-16(25)24-12-7-18(26,8-13(24)10-27-9-12)14-5-4-11(6-15(14)20)19(21,22)23/h4-6,12-13,26H,7-10H2,1-3H3. The summed E-state index contributed by atoms with van der Waals surface area (Å²) in [6, 6.07) is 0.962. The third-order valence-corrected chi connectivity index (χ3v) is 4.96. The van der Waals surface area contributed by atoms with Gasteiger partial charge in [-0.15, -0.1) is 0 Å². The molecule has 1 aromatic carbocycles. The van der Waals surface area contributed by atoms with Crippen LogP contribution in [0.25, 0.3) is 0 Å². The highest BCUT2D eigenvalue weighted by atomic mass is 19.4. The van der Waals surface area contributed by atoms with Gasteiger partial charge in [0, 0.05) is 18.4 Å². The Morgan fingerprint density at radius 3 is 2.25 bits per heavy atom. The maximum Gasteiger partial charge on any atom is 0.416 e. The van der Waals surface area contributed by atoms with Crippen molar-refractivity contribution in [1.82, 2.24) is 4.90 Å². The highest BCUT2D eigenvalue weighted by molar-refractivity contribution is 5.69. The topological polar surface area (TPSA) is 59.0 Å². The van der Waals surface area contributed by atoms with Crippen LogP contribution in [0.5, 0.6) is 0 Å². The number of morpholine rings is 1. The number of aliphatic hydroxyl groups is 1. The van der Waals surface area contributed by atoms with Crippen LogP contribution in [0.3, 0.4) is 0 Å². The number of rotatable bonds is 1. The van der Waals surface area contributed by atoms with E-state index < -0.39 is 46.9 Å². The van der Waals surface area contributed by atoms with Gasteiger partial charge in [-0.2, -0.15) is 13.2 Å². The molecule has 1 aromatic rings. The first-order valence-corrected chi connectivity index (χ1v) is 8.99. The number of benzene rings is 1. The summed E-state index contributed by atoms with van der Waals surface area (Å²) in [6.07, 6.45) is -5.36. The largest absolute Gasteiger partial charge is 0.444 e. The van der Waals surface area contributed by atoms with E-state index >= 15 is 0 Å². The number of fused-ring (bicyclic) bond motifs is 2. The molecule has 3 rings (SSSR count). The highest BCUT2D eigenvalue weighted by Gasteiger charge is 2.50. The molecule has 2 unspecified atom stereocenters.